The van der Waals surface area contributed by atoms with Crippen molar-refractivity contribution in [3.63, 3.8) is 0 Å². The topological polar surface area (TPSA) is 115 Å². The molecule has 0 unspecified atom stereocenters. The van der Waals surface area contributed by atoms with Crippen LogP contribution in [0.15, 0.2) is 34.1 Å². The Bertz CT molecular complexity index is 1200. The lowest BCUT2D eigenvalue weighted by Crippen LogP contribution is -2.37. The minimum Gasteiger partial charge on any atom is -0.323 e. The van der Waals surface area contributed by atoms with Crippen molar-refractivity contribution in [2.75, 3.05) is 5.32 Å². The molecule has 1 aromatic carbocycles. The molecule has 0 aliphatic heterocycles. The lowest BCUT2D eigenvalue weighted by molar-refractivity contribution is -0.116. The summed E-state index contributed by atoms with van der Waals surface area (Å²) in [4.78, 5) is 40.7. The van der Waals surface area contributed by atoms with Gasteiger partial charge in [0.25, 0.3) is 5.56 Å². The number of benzene rings is 1. The molecule has 0 saturated heterocycles. The fourth-order valence-corrected chi connectivity index (χ4v) is 2.75. The normalized spacial score (nSPS) is 10.7. The van der Waals surface area contributed by atoms with Gasteiger partial charge in [0.2, 0.25) is 5.91 Å². The summed E-state index contributed by atoms with van der Waals surface area (Å²) < 4.78 is 3.53. The number of aryl methyl sites for hydroxylation is 1. The molecule has 0 fully saturated rings. The van der Waals surface area contributed by atoms with Crippen molar-refractivity contribution >= 4 is 34.4 Å². The van der Waals surface area contributed by atoms with E-state index < -0.39 is 17.2 Å². The summed E-state index contributed by atoms with van der Waals surface area (Å²) >= 11 is 5.90. The number of nitrogens with zero attached hydrogens (tertiary/aromatic N) is 5. The van der Waals surface area contributed by atoms with E-state index in [2.05, 4.69) is 10.3 Å². The summed E-state index contributed by atoms with van der Waals surface area (Å²) in [6, 6.07) is 6.47. The molecule has 0 aliphatic carbocycles. The van der Waals surface area contributed by atoms with E-state index in [9.17, 15) is 14.4 Å². The molecule has 0 radical (unpaired) electrons. The molecule has 1 amide bonds. The molecule has 26 heavy (non-hydrogen) atoms. The number of hydrogen-bond donors (Lipinski definition) is 1. The Kier molecular flexibility index (Phi) is 4.36. The number of amides is 1. The van der Waals surface area contributed by atoms with Crippen molar-refractivity contribution in [2.24, 2.45) is 14.1 Å². The van der Waals surface area contributed by atoms with Gasteiger partial charge in [-0.15, -0.1) is 0 Å². The van der Waals surface area contributed by atoms with Crippen LogP contribution in [-0.2, 0) is 25.4 Å². The van der Waals surface area contributed by atoms with Crippen LogP contribution in [0.2, 0.25) is 5.02 Å². The lowest BCUT2D eigenvalue weighted by atomic mass is 10.2. The fourth-order valence-electron chi connectivity index (χ4n) is 2.58. The number of imidazole rings is 1. The molecule has 0 saturated carbocycles. The molecule has 2 aromatic heterocycles. The van der Waals surface area contributed by atoms with Crippen molar-refractivity contribution in [3.8, 4) is 6.07 Å². The highest BCUT2D eigenvalue weighted by Crippen LogP contribution is 2.20. The first-order valence-electron chi connectivity index (χ1n) is 7.44. The number of anilines is 1. The van der Waals surface area contributed by atoms with Crippen molar-refractivity contribution in [2.45, 2.75) is 6.54 Å². The Labute approximate surface area is 151 Å². The Morgan fingerprint density at radius 3 is 2.73 bits per heavy atom. The molecular weight excluding hydrogens is 360 g/mol. The van der Waals surface area contributed by atoms with Gasteiger partial charge in [-0.2, -0.15) is 5.26 Å². The van der Waals surface area contributed by atoms with E-state index in [1.807, 2.05) is 6.07 Å². The van der Waals surface area contributed by atoms with E-state index >= 15 is 0 Å². The van der Waals surface area contributed by atoms with Crippen LogP contribution >= 0.6 is 11.6 Å². The third-order valence-corrected chi connectivity index (χ3v) is 4.14. The van der Waals surface area contributed by atoms with Crippen LogP contribution in [0.1, 0.15) is 5.56 Å². The van der Waals surface area contributed by atoms with Crippen molar-refractivity contribution in [3.05, 3.63) is 56.0 Å². The maximum absolute atomic E-state index is 12.4. The fraction of sp³-hybridized carbons (Fsp3) is 0.188. The zero-order chi connectivity index (χ0) is 19.0. The van der Waals surface area contributed by atoms with Crippen LogP contribution in [0.3, 0.4) is 0 Å². The number of aromatic nitrogens is 4. The molecule has 2 heterocycles. The van der Waals surface area contributed by atoms with Gasteiger partial charge in [-0.05, 0) is 18.2 Å². The first kappa shape index (κ1) is 17.4. The monoisotopic (exact) mass is 372 g/mol. The summed E-state index contributed by atoms with van der Waals surface area (Å²) in [6.07, 6.45) is 1.31. The van der Waals surface area contributed by atoms with E-state index in [0.29, 0.717) is 5.02 Å². The average Bonchev–Trinajstić information content (AvgIpc) is 3.02. The summed E-state index contributed by atoms with van der Waals surface area (Å²) in [6.45, 7) is -0.221. The van der Waals surface area contributed by atoms with Gasteiger partial charge in [-0.3, -0.25) is 18.7 Å². The minimum atomic E-state index is -0.547. The quantitative estimate of drug-likeness (QED) is 0.722. The standard InChI is InChI=1S/C16H13ClN6O3/c1-21-14-13(15(25)22(2)16(21)26)23(8-19-14)7-12(24)20-11-5-10(17)4-3-9(11)6-18/h3-5,8H,7H2,1-2H3,(H,20,24). The van der Waals surface area contributed by atoms with E-state index in [4.69, 9.17) is 16.9 Å². The number of fused-ring (bicyclic) bond motifs is 1. The predicted molar refractivity (Wildman–Crippen MR) is 95.0 cm³/mol. The Morgan fingerprint density at radius 2 is 2.04 bits per heavy atom. The number of rotatable bonds is 3. The van der Waals surface area contributed by atoms with E-state index in [1.165, 1.54) is 41.7 Å². The molecule has 9 nitrogen and oxygen atoms in total. The number of carbonyl (C=O) groups is 1. The SMILES string of the molecule is Cn1c(=O)c2c(ncn2CC(=O)Nc2cc(Cl)ccc2C#N)n(C)c1=O. The zero-order valence-corrected chi connectivity index (χ0v) is 14.6. The van der Waals surface area contributed by atoms with Crippen LogP contribution in [0, 0.1) is 11.3 Å². The summed E-state index contributed by atoms with van der Waals surface area (Å²) in [5.41, 5.74) is -0.197. The van der Waals surface area contributed by atoms with Gasteiger partial charge in [0.05, 0.1) is 17.6 Å². The number of carbonyl (C=O) groups excluding carboxylic acids is 1. The molecular formula is C16H13ClN6O3. The predicted octanol–water partition coefficient (Wildman–Crippen LogP) is 0.597. The van der Waals surface area contributed by atoms with Crippen molar-refractivity contribution in [1.29, 1.82) is 5.26 Å². The van der Waals surface area contributed by atoms with Gasteiger partial charge in [-0.1, -0.05) is 11.6 Å². The van der Waals surface area contributed by atoms with Gasteiger partial charge < -0.3 is 9.88 Å². The Morgan fingerprint density at radius 1 is 1.31 bits per heavy atom. The molecule has 0 aliphatic rings. The van der Waals surface area contributed by atoms with Crippen LogP contribution in [0.5, 0.6) is 0 Å². The molecule has 3 rings (SSSR count). The van der Waals surface area contributed by atoms with Crippen molar-refractivity contribution < 1.29 is 4.79 Å². The number of nitrogens with one attached hydrogen (secondary N) is 1. The first-order chi connectivity index (χ1) is 12.3. The highest BCUT2D eigenvalue weighted by molar-refractivity contribution is 6.31. The number of halogens is 1. The maximum Gasteiger partial charge on any atom is 0.332 e. The van der Waals surface area contributed by atoms with Gasteiger partial charge in [0.1, 0.15) is 12.6 Å². The van der Waals surface area contributed by atoms with Crippen molar-refractivity contribution in [1.82, 2.24) is 18.7 Å². The highest BCUT2D eigenvalue weighted by Gasteiger charge is 2.16. The van der Waals surface area contributed by atoms with E-state index in [1.54, 1.807) is 6.07 Å². The zero-order valence-electron chi connectivity index (χ0n) is 13.9. The average molecular weight is 373 g/mol. The van der Waals surface area contributed by atoms with Gasteiger partial charge in [-0.25, -0.2) is 9.78 Å². The molecule has 10 heteroatoms. The molecule has 0 atom stereocenters. The second-order valence-electron chi connectivity index (χ2n) is 5.60. The second-order valence-corrected chi connectivity index (χ2v) is 6.04. The Hall–Kier alpha value is -3.38. The smallest absolute Gasteiger partial charge is 0.323 e. The summed E-state index contributed by atoms with van der Waals surface area (Å²) in [7, 11) is 2.85. The van der Waals surface area contributed by atoms with Crippen LogP contribution in [0.4, 0.5) is 5.69 Å². The van der Waals surface area contributed by atoms with Crippen LogP contribution in [-0.4, -0.2) is 24.6 Å². The molecule has 0 bridgehead atoms. The van der Waals surface area contributed by atoms with Gasteiger partial charge in [0, 0.05) is 19.1 Å². The lowest BCUT2D eigenvalue weighted by Gasteiger charge is -2.09. The summed E-state index contributed by atoms with van der Waals surface area (Å²) in [5, 5.41) is 12.1. The van der Waals surface area contributed by atoms with Crippen LogP contribution < -0.4 is 16.6 Å². The molecule has 1 N–H and O–H groups in total. The highest BCUT2D eigenvalue weighted by atomic mass is 35.5. The summed E-state index contributed by atoms with van der Waals surface area (Å²) in [5.74, 6) is -0.473. The molecule has 3 aromatic rings. The third kappa shape index (κ3) is 2.87. The second kappa shape index (κ2) is 6.50. The maximum atomic E-state index is 12.4. The largest absolute Gasteiger partial charge is 0.332 e. The Balaban J connectivity index is 1.97. The van der Waals surface area contributed by atoms with Gasteiger partial charge in [0.15, 0.2) is 11.2 Å². The van der Waals surface area contributed by atoms with E-state index in [0.717, 1.165) is 4.57 Å². The molecule has 132 valence electrons. The van der Waals surface area contributed by atoms with Crippen LogP contribution in [0.25, 0.3) is 11.2 Å². The molecule has 0 spiro atoms. The number of nitriles is 1. The number of hydrogen-bond acceptors (Lipinski definition) is 5. The minimum absolute atomic E-state index is 0.136. The first-order valence-corrected chi connectivity index (χ1v) is 7.81. The third-order valence-electron chi connectivity index (χ3n) is 3.91. The van der Waals surface area contributed by atoms with Gasteiger partial charge >= 0.3 is 5.69 Å². The van der Waals surface area contributed by atoms with E-state index in [-0.39, 0.29) is 29.0 Å².